The maximum Gasteiger partial charge on any atom is 0.255 e. The number of rotatable bonds is 2. The molecule has 0 unspecified atom stereocenters. The number of aromatic nitrogens is 1. The SMILES string of the molecule is N[C@@H]1CC[C@H](Oc2cc3cc[nH]c(=O)c3cc2Cl)C1. The number of hydrogen-bond donors (Lipinski definition) is 2. The highest BCUT2D eigenvalue weighted by Gasteiger charge is 2.24. The smallest absolute Gasteiger partial charge is 0.255 e. The van der Waals surface area contributed by atoms with Crippen LogP contribution >= 0.6 is 11.6 Å². The fourth-order valence-corrected chi connectivity index (χ4v) is 2.75. The maximum atomic E-state index is 11.7. The van der Waals surface area contributed by atoms with Crippen LogP contribution in [0.1, 0.15) is 19.3 Å². The number of pyridine rings is 1. The van der Waals surface area contributed by atoms with E-state index in [1.807, 2.05) is 12.1 Å². The first-order chi connectivity index (χ1) is 9.13. The Morgan fingerprint density at radius 2 is 2.21 bits per heavy atom. The summed E-state index contributed by atoms with van der Waals surface area (Å²) in [5.41, 5.74) is 5.72. The molecule has 19 heavy (non-hydrogen) atoms. The minimum absolute atomic E-state index is 0.118. The summed E-state index contributed by atoms with van der Waals surface area (Å²) in [5.74, 6) is 0.624. The van der Waals surface area contributed by atoms with E-state index >= 15 is 0 Å². The predicted molar refractivity (Wildman–Crippen MR) is 75.8 cm³/mol. The van der Waals surface area contributed by atoms with Gasteiger partial charge in [-0.05, 0) is 42.8 Å². The molecule has 0 amide bonds. The molecule has 0 bridgehead atoms. The zero-order valence-electron chi connectivity index (χ0n) is 10.4. The quantitative estimate of drug-likeness (QED) is 0.886. The molecule has 0 saturated heterocycles. The molecule has 2 aromatic rings. The van der Waals surface area contributed by atoms with Gasteiger partial charge in [0.2, 0.25) is 0 Å². The Bertz CT molecular complexity index is 668. The van der Waals surface area contributed by atoms with Crippen molar-refractivity contribution in [3.63, 3.8) is 0 Å². The molecule has 0 spiro atoms. The van der Waals surface area contributed by atoms with Gasteiger partial charge in [0.05, 0.1) is 5.02 Å². The van der Waals surface area contributed by atoms with Crippen LogP contribution in [0.5, 0.6) is 5.75 Å². The van der Waals surface area contributed by atoms with Crippen LogP contribution in [0.15, 0.2) is 29.2 Å². The lowest BCUT2D eigenvalue weighted by Gasteiger charge is -2.15. The Balaban J connectivity index is 1.95. The van der Waals surface area contributed by atoms with Crippen molar-refractivity contribution < 1.29 is 4.74 Å². The molecule has 1 aromatic carbocycles. The van der Waals surface area contributed by atoms with Crippen LogP contribution < -0.4 is 16.0 Å². The summed E-state index contributed by atoms with van der Waals surface area (Å²) in [4.78, 5) is 14.3. The molecule has 1 heterocycles. The Morgan fingerprint density at radius 1 is 1.37 bits per heavy atom. The van der Waals surface area contributed by atoms with Gasteiger partial charge < -0.3 is 15.5 Å². The molecule has 100 valence electrons. The molecular formula is C14H15ClN2O2. The maximum absolute atomic E-state index is 11.7. The van der Waals surface area contributed by atoms with E-state index in [2.05, 4.69) is 4.98 Å². The minimum Gasteiger partial charge on any atom is -0.489 e. The van der Waals surface area contributed by atoms with Crippen LogP contribution in [-0.2, 0) is 0 Å². The summed E-state index contributed by atoms with van der Waals surface area (Å²) >= 11 is 6.18. The largest absolute Gasteiger partial charge is 0.489 e. The number of ether oxygens (including phenoxy) is 1. The van der Waals surface area contributed by atoms with Crippen LogP contribution in [0.4, 0.5) is 0 Å². The van der Waals surface area contributed by atoms with Crippen molar-refractivity contribution in [3.8, 4) is 5.75 Å². The molecule has 1 aliphatic carbocycles. The lowest BCUT2D eigenvalue weighted by Crippen LogP contribution is -2.19. The highest BCUT2D eigenvalue weighted by atomic mass is 35.5. The highest BCUT2D eigenvalue weighted by molar-refractivity contribution is 6.32. The second-order valence-electron chi connectivity index (χ2n) is 4.99. The third kappa shape index (κ3) is 2.46. The number of nitrogens with two attached hydrogens (primary N) is 1. The number of benzene rings is 1. The van der Waals surface area contributed by atoms with Crippen LogP contribution in [0.25, 0.3) is 10.8 Å². The average molecular weight is 279 g/mol. The van der Waals surface area contributed by atoms with Crippen LogP contribution in [0.3, 0.4) is 0 Å². The van der Waals surface area contributed by atoms with Crippen molar-refractivity contribution in [2.24, 2.45) is 5.73 Å². The molecule has 1 saturated carbocycles. The van der Waals surface area contributed by atoms with Crippen molar-refractivity contribution in [3.05, 3.63) is 39.8 Å². The summed E-state index contributed by atoms with van der Waals surface area (Å²) in [6, 6.07) is 5.52. The molecule has 3 rings (SSSR count). The number of hydrogen-bond acceptors (Lipinski definition) is 3. The summed E-state index contributed by atoms with van der Waals surface area (Å²) in [6.45, 7) is 0. The molecule has 1 fully saturated rings. The molecular weight excluding hydrogens is 264 g/mol. The van der Waals surface area contributed by atoms with E-state index in [0.29, 0.717) is 16.2 Å². The zero-order valence-corrected chi connectivity index (χ0v) is 11.1. The number of fused-ring (bicyclic) bond motifs is 1. The number of H-pyrrole nitrogens is 1. The Labute approximate surface area is 115 Å². The van der Waals surface area contributed by atoms with E-state index in [-0.39, 0.29) is 17.7 Å². The molecule has 0 radical (unpaired) electrons. The van der Waals surface area contributed by atoms with Crippen molar-refractivity contribution in [2.45, 2.75) is 31.4 Å². The molecule has 5 heteroatoms. The third-order valence-corrected chi connectivity index (χ3v) is 3.84. The fraction of sp³-hybridized carbons (Fsp3) is 0.357. The highest BCUT2D eigenvalue weighted by Crippen LogP contribution is 2.32. The van der Waals surface area contributed by atoms with Gasteiger partial charge in [0.25, 0.3) is 5.56 Å². The topological polar surface area (TPSA) is 68.1 Å². The zero-order chi connectivity index (χ0) is 13.4. The normalized spacial score (nSPS) is 22.8. The van der Waals surface area contributed by atoms with Gasteiger partial charge >= 0.3 is 0 Å². The number of aromatic amines is 1. The lowest BCUT2D eigenvalue weighted by atomic mass is 10.1. The van der Waals surface area contributed by atoms with Crippen molar-refractivity contribution in [1.82, 2.24) is 4.98 Å². The van der Waals surface area contributed by atoms with Gasteiger partial charge in [-0.25, -0.2) is 0 Å². The van der Waals surface area contributed by atoms with E-state index < -0.39 is 0 Å². The summed E-state index contributed by atoms with van der Waals surface area (Å²) < 4.78 is 5.90. The first kappa shape index (κ1) is 12.5. The fourth-order valence-electron chi connectivity index (χ4n) is 2.54. The standard InChI is InChI=1S/C14H15ClN2O2/c15-12-7-11-8(3-4-17-14(11)18)5-13(12)19-10-2-1-9(16)6-10/h3-5,7,9-10H,1-2,6,16H2,(H,17,18)/t9-,10+/m1/s1. The molecule has 3 N–H and O–H groups in total. The van der Waals surface area contributed by atoms with Crippen molar-refractivity contribution in [2.75, 3.05) is 0 Å². The van der Waals surface area contributed by atoms with Crippen molar-refractivity contribution in [1.29, 1.82) is 0 Å². The van der Waals surface area contributed by atoms with Crippen LogP contribution in [0.2, 0.25) is 5.02 Å². The molecule has 2 atom stereocenters. The van der Waals surface area contributed by atoms with Gasteiger partial charge in [-0.3, -0.25) is 4.79 Å². The second kappa shape index (κ2) is 4.87. The third-order valence-electron chi connectivity index (χ3n) is 3.54. The average Bonchev–Trinajstić information content (AvgIpc) is 2.77. The van der Waals surface area contributed by atoms with E-state index in [9.17, 15) is 4.79 Å². The van der Waals surface area contributed by atoms with E-state index in [0.717, 1.165) is 24.6 Å². The van der Waals surface area contributed by atoms with E-state index in [1.165, 1.54) is 0 Å². The Hall–Kier alpha value is -1.52. The van der Waals surface area contributed by atoms with E-state index in [4.69, 9.17) is 22.1 Å². The van der Waals surface area contributed by atoms with Crippen molar-refractivity contribution >= 4 is 22.4 Å². The van der Waals surface area contributed by atoms with Gasteiger partial charge in [0.1, 0.15) is 11.9 Å². The molecule has 1 aromatic heterocycles. The second-order valence-corrected chi connectivity index (χ2v) is 5.40. The van der Waals surface area contributed by atoms with E-state index in [1.54, 1.807) is 12.3 Å². The van der Waals surface area contributed by atoms with Gasteiger partial charge in [0, 0.05) is 17.6 Å². The monoisotopic (exact) mass is 278 g/mol. The summed E-state index contributed by atoms with van der Waals surface area (Å²) in [6.07, 6.45) is 4.52. The molecule has 0 aliphatic heterocycles. The first-order valence-electron chi connectivity index (χ1n) is 6.36. The van der Waals surface area contributed by atoms with Gasteiger partial charge in [-0.2, -0.15) is 0 Å². The number of nitrogens with one attached hydrogen (secondary N) is 1. The first-order valence-corrected chi connectivity index (χ1v) is 6.74. The minimum atomic E-state index is -0.145. The summed E-state index contributed by atoms with van der Waals surface area (Å²) in [7, 11) is 0. The predicted octanol–water partition coefficient (Wildman–Crippen LogP) is 2.44. The van der Waals surface area contributed by atoms with Gasteiger partial charge in [-0.1, -0.05) is 11.6 Å². The Kier molecular flexibility index (Phi) is 3.21. The van der Waals surface area contributed by atoms with Gasteiger partial charge in [-0.15, -0.1) is 0 Å². The van der Waals surface area contributed by atoms with Crippen LogP contribution in [0, 0.1) is 0 Å². The molecule has 4 nitrogen and oxygen atoms in total. The number of halogens is 1. The van der Waals surface area contributed by atoms with Gasteiger partial charge in [0.15, 0.2) is 0 Å². The molecule has 1 aliphatic rings. The lowest BCUT2D eigenvalue weighted by molar-refractivity contribution is 0.208. The summed E-state index contributed by atoms with van der Waals surface area (Å²) in [5, 5.41) is 1.86. The van der Waals surface area contributed by atoms with Crippen LogP contribution in [-0.4, -0.2) is 17.1 Å². The Morgan fingerprint density at radius 3 is 2.95 bits per heavy atom.